The Hall–Kier alpha value is -2.42. The van der Waals surface area contributed by atoms with Crippen molar-refractivity contribution in [3.8, 4) is 0 Å². The number of carboxylic acid groups (broad SMARTS) is 1. The van der Waals surface area contributed by atoms with Gasteiger partial charge in [-0.1, -0.05) is 0 Å². The van der Waals surface area contributed by atoms with Crippen LogP contribution in [0.1, 0.15) is 23.2 Å². The van der Waals surface area contributed by atoms with E-state index in [1.54, 1.807) is 0 Å². The number of amides is 2. The molecule has 9 heteroatoms. The molecule has 3 N–H and O–H groups in total. The average molecular weight is 298 g/mol. The van der Waals surface area contributed by atoms with Crippen LogP contribution < -0.4 is 10.0 Å². The number of hydrogen-bond donors (Lipinski definition) is 3. The van der Waals surface area contributed by atoms with Gasteiger partial charge in [-0.3, -0.25) is 14.4 Å². The van der Waals surface area contributed by atoms with Crippen molar-refractivity contribution in [3.63, 3.8) is 0 Å². The number of rotatable bonds is 4. The van der Waals surface area contributed by atoms with Gasteiger partial charge >= 0.3 is 5.97 Å². The summed E-state index contributed by atoms with van der Waals surface area (Å²) in [4.78, 5) is 32.9. The van der Waals surface area contributed by atoms with E-state index in [2.05, 4.69) is 5.32 Å². The van der Waals surface area contributed by atoms with Gasteiger partial charge in [-0.2, -0.15) is 0 Å². The molecule has 8 nitrogen and oxygen atoms in total. The SMILES string of the molecule is O=C(O)CCC(=O)Nc1ccc2c(c1)S(=O)(=O)NC2=O. The summed E-state index contributed by atoms with van der Waals surface area (Å²) in [5, 5.41) is 10.8. The lowest BCUT2D eigenvalue weighted by Crippen LogP contribution is -2.20. The second kappa shape index (κ2) is 4.93. The molecule has 0 atom stereocenters. The summed E-state index contributed by atoms with van der Waals surface area (Å²) < 4.78 is 25.0. The molecule has 0 fully saturated rings. The van der Waals surface area contributed by atoms with Crippen molar-refractivity contribution in [3.05, 3.63) is 23.8 Å². The molecular weight excluding hydrogens is 288 g/mol. The van der Waals surface area contributed by atoms with E-state index < -0.39 is 27.8 Å². The maximum Gasteiger partial charge on any atom is 0.303 e. The lowest BCUT2D eigenvalue weighted by molar-refractivity contribution is -0.138. The van der Waals surface area contributed by atoms with E-state index in [4.69, 9.17) is 5.11 Å². The molecule has 1 aromatic carbocycles. The Morgan fingerprint density at radius 3 is 2.60 bits per heavy atom. The van der Waals surface area contributed by atoms with E-state index in [1.807, 2.05) is 4.72 Å². The number of carbonyl (C=O) groups excluding carboxylic acids is 2. The van der Waals surface area contributed by atoms with Gasteiger partial charge in [0.1, 0.15) is 4.90 Å². The zero-order valence-corrected chi connectivity index (χ0v) is 10.9. The molecule has 0 spiro atoms. The second-order valence-corrected chi connectivity index (χ2v) is 5.74. The number of carboxylic acids is 1. The first-order valence-corrected chi connectivity index (χ1v) is 7.01. The van der Waals surface area contributed by atoms with Crippen LogP contribution in [-0.4, -0.2) is 31.3 Å². The molecule has 2 rings (SSSR count). The second-order valence-electron chi connectivity index (χ2n) is 4.09. The van der Waals surface area contributed by atoms with Crippen molar-refractivity contribution in [2.24, 2.45) is 0 Å². The molecule has 1 aliphatic heterocycles. The number of benzene rings is 1. The van der Waals surface area contributed by atoms with Crippen LogP contribution in [0.25, 0.3) is 0 Å². The molecule has 0 saturated heterocycles. The topological polar surface area (TPSA) is 130 Å². The van der Waals surface area contributed by atoms with Gasteiger partial charge in [0, 0.05) is 12.1 Å². The Morgan fingerprint density at radius 1 is 1.25 bits per heavy atom. The smallest absolute Gasteiger partial charge is 0.303 e. The molecule has 1 heterocycles. The summed E-state index contributed by atoms with van der Waals surface area (Å²) in [5.41, 5.74) is 0.188. The first-order valence-electron chi connectivity index (χ1n) is 5.52. The van der Waals surface area contributed by atoms with Crippen molar-refractivity contribution in [1.82, 2.24) is 4.72 Å². The Balaban J connectivity index is 2.19. The Kier molecular flexibility index (Phi) is 3.45. The van der Waals surface area contributed by atoms with Crippen LogP contribution in [0, 0.1) is 0 Å². The van der Waals surface area contributed by atoms with Crippen molar-refractivity contribution < 1.29 is 27.9 Å². The molecule has 106 valence electrons. The number of hydrogen-bond acceptors (Lipinski definition) is 5. The number of sulfonamides is 1. The minimum absolute atomic E-state index is 0.00790. The predicted molar refractivity (Wildman–Crippen MR) is 66.6 cm³/mol. The Labute approximate surface area is 113 Å². The first kappa shape index (κ1) is 14.0. The van der Waals surface area contributed by atoms with Gasteiger partial charge < -0.3 is 10.4 Å². The highest BCUT2D eigenvalue weighted by atomic mass is 32.2. The summed E-state index contributed by atoms with van der Waals surface area (Å²) in [7, 11) is -3.88. The monoisotopic (exact) mass is 298 g/mol. The summed E-state index contributed by atoms with van der Waals surface area (Å²) in [6, 6.07) is 3.81. The normalized spacial score (nSPS) is 15.3. The molecule has 0 unspecified atom stereocenters. The van der Waals surface area contributed by atoms with Crippen LogP contribution in [0.3, 0.4) is 0 Å². The van der Waals surface area contributed by atoms with Crippen LogP contribution >= 0.6 is 0 Å². The molecule has 2 amide bonds. The van der Waals surface area contributed by atoms with E-state index in [1.165, 1.54) is 12.1 Å². The van der Waals surface area contributed by atoms with Crippen molar-refractivity contribution in [2.75, 3.05) is 5.32 Å². The van der Waals surface area contributed by atoms with Gasteiger partial charge in [0.05, 0.1) is 12.0 Å². The van der Waals surface area contributed by atoms with Gasteiger partial charge in [-0.15, -0.1) is 0 Å². The number of anilines is 1. The van der Waals surface area contributed by atoms with Crippen LogP contribution in [0.5, 0.6) is 0 Å². The zero-order valence-electron chi connectivity index (χ0n) is 10.0. The molecule has 1 aromatic rings. The van der Waals surface area contributed by atoms with Crippen molar-refractivity contribution in [2.45, 2.75) is 17.7 Å². The Bertz CT molecular complexity index is 710. The molecule has 0 aromatic heterocycles. The summed E-state index contributed by atoms with van der Waals surface area (Å²) >= 11 is 0. The van der Waals surface area contributed by atoms with Crippen LogP contribution in [0.2, 0.25) is 0 Å². The van der Waals surface area contributed by atoms with E-state index in [0.717, 1.165) is 6.07 Å². The van der Waals surface area contributed by atoms with E-state index in [9.17, 15) is 22.8 Å². The van der Waals surface area contributed by atoms with Crippen LogP contribution in [0.4, 0.5) is 5.69 Å². The van der Waals surface area contributed by atoms with Crippen molar-refractivity contribution >= 4 is 33.5 Å². The summed E-state index contributed by atoms with van der Waals surface area (Å²) in [6.07, 6.45) is -0.550. The highest BCUT2D eigenvalue weighted by Gasteiger charge is 2.32. The third kappa shape index (κ3) is 2.77. The Morgan fingerprint density at radius 2 is 1.95 bits per heavy atom. The number of aliphatic carboxylic acids is 1. The number of carbonyl (C=O) groups is 3. The average Bonchev–Trinajstić information content (AvgIpc) is 2.57. The van der Waals surface area contributed by atoms with E-state index >= 15 is 0 Å². The minimum atomic E-state index is -3.88. The highest BCUT2D eigenvalue weighted by molar-refractivity contribution is 7.90. The largest absolute Gasteiger partial charge is 0.481 e. The van der Waals surface area contributed by atoms with E-state index in [-0.39, 0.29) is 29.0 Å². The molecule has 0 saturated carbocycles. The van der Waals surface area contributed by atoms with Gasteiger partial charge in [0.15, 0.2) is 0 Å². The van der Waals surface area contributed by atoms with Gasteiger partial charge in [-0.25, -0.2) is 13.1 Å². The summed E-state index contributed by atoms with van der Waals surface area (Å²) in [6.45, 7) is 0. The first-order chi connectivity index (χ1) is 9.29. The maximum absolute atomic E-state index is 11.6. The third-order valence-electron chi connectivity index (χ3n) is 2.59. The quantitative estimate of drug-likeness (QED) is 0.713. The standard InChI is InChI=1S/C11H10N2O6S/c14-9(3-4-10(15)16)12-6-1-2-7-8(5-6)20(18,19)13-11(7)17/h1-2,5H,3-4H2,(H,12,14)(H,13,17)(H,15,16). The van der Waals surface area contributed by atoms with Crippen LogP contribution in [-0.2, 0) is 19.6 Å². The van der Waals surface area contributed by atoms with Gasteiger partial charge in [-0.05, 0) is 18.2 Å². The third-order valence-corrected chi connectivity index (χ3v) is 3.96. The molecule has 20 heavy (non-hydrogen) atoms. The van der Waals surface area contributed by atoms with Crippen LogP contribution in [0.15, 0.2) is 23.1 Å². The molecular formula is C11H10N2O6S. The van der Waals surface area contributed by atoms with Gasteiger partial charge in [0.2, 0.25) is 5.91 Å². The fraction of sp³-hybridized carbons (Fsp3) is 0.182. The minimum Gasteiger partial charge on any atom is -0.481 e. The van der Waals surface area contributed by atoms with Gasteiger partial charge in [0.25, 0.3) is 15.9 Å². The summed E-state index contributed by atoms with van der Waals surface area (Å²) in [5.74, 6) is -2.38. The van der Waals surface area contributed by atoms with Crippen molar-refractivity contribution in [1.29, 1.82) is 0 Å². The number of nitrogens with one attached hydrogen (secondary N) is 2. The molecule has 0 bridgehead atoms. The fourth-order valence-corrected chi connectivity index (χ4v) is 2.88. The zero-order chi connectivity index (χ0) is 14.9. The van der Waals surface area contributed by atoms with E-state index in [0.29, 0.717) is 0 Å². The molecule has 0 aliphatic carbocycles. The molecule has 0 radical (unpaired) electrons. The lowest BCUT2D eigenvalue weighted by atomic mass is 10.2. The fourth-order valence-electron chi connectivity index (χ4n) is 1.69. The lowest BCUT2D eigenvalue weighted by Gasteiger charge is -2.05. The number of fused-ring (bicyclic) bond motifs is 1. The highest BCUT2D eigenvalue weighted by Crippen LogP contribution is 2.25. The predicted octanol–water partition coefficient (Wildman–Crippen LogP) is -0.0780. The maximum atomic E-state index is 11.6. The molecule has 1 aliphatic rings.